The van der Waals surface area contributed by atoms with Crippen molar-refractivity contribution in [1.82, 2.24) is 15.1 Å². The van der Waals surface area contributed by atoms with Crippen molar-refractivity contribution in [1.29, 1.82) is 0 Å². The normalized spacial score (nSPS) is 30.0. The Hall–Kier alpha value is -0.870. The topological polar surface area (TPSA) is 30.9 Å². The van der Waals surface area contributed by atoms with Crippen molar-refractivity contribution in [3.05, 3.63) is 12.8 Å². The maximum Gasteiger partial charge on any atom is 0.117 e. The van der Waals surface area contributed by atoms with E-state index in [1.165, 1.54) is 57.5 Å². The molecule has 3 rings (SSSR count). The summed E-state index contributed by atoms with van der Waals surface area (Å²) in [6.45, 7) is 9.56. The maximum atomic E-state index is 4.45. The van der Waals surface area contributed by atoms with Gasteiger partial charge in [-0.2, -0.15) is 0 Å². The van der Waals surface area contributed by atoms with E-state index in [1.807, 2.05) is 13.2 Å². The highest BCUT2D eigenvalue weighted by Gasteiger charge is 2.38. The fourth-order valence-electron chi connectivity index (χ4n) is 4.46. The Kier molecular flexibility index (Phi) is 4.65. The first-order chi connectivity index (χ1) is 10.3. The first-order valence-electron chi connectivity index (χ1n) is 8.56. The molecule has 2 aliphatic heterocycles. The molecular weight excluding hydrogens is 260 g/mol. The van der Waals surface area contributed by atoms with E-state index in [0.29, 0.717) is 5.41 Å². The van der Waals surface area contributed by atoms with Gasteiger partial charge in [0.15, 0.2) is 0 Å². The molecule has 0 amide bonds. The van der Waals surface area contributed by atoms with Crippen LogP contribution in [0, 0.1) is 5.41 Å². The number of nitrogens with one attached hydrogen (secondary N) is 1. The van der Waals surface area contributed by atoms with Crippen LogP contribution in [0.1, 0.15) is 38.5 Å². The van der Waals surface area contributed by atoms with Crippen LogP contribution in [0.15, 0.2) is 17.8 Å². The van der Waals surface area contributed by atoms with Gasteiger partial charge in [-0.1, -0.05) is 6.58 Å². The molecule has 1 spiro atoms. The summed E-state index contributed by atoms with van der Waals surface area (Å²) < 4.78 is 0. The van der Waals surface area contributed by atoms with Gasteiger partial charge in [-0.05, 0) is 63.2 Å². The largest absolute Gasteiger partial charge is 0.335 e. The van der Waals surface area contributed by atoms with Crippen molar-refractivity contribution in [2.24, 2.45) is 10.4 Å². The number of rotatable bonds is 2. The number of aliphatic imine (C=N–C) groups is 1. The smallest absolute Gasteiger partial charge is 0.117 e. The Balaban J connectivity index is 1.56. The lowest BCUT2D eigenvalue weighted by atomic mass is 9.67. The first kappa shape index (κ1) is 15.0. The van der Waals surface area contributed by atoms with E-state index in [1.54, 1.807) is 0 Å². The number of hydrogen-bond donors (Lipinski definition) is 1. The summed E-state index contributed by atoms with van der Waals surface area (Å²) in [5.41, 5.74) is 0.673. The summed E-state index contributed by atoms with van der Waals surface area (Å²) in [4.78, 5) is 9.31. The predicted molar refractivity (Wildman–Crippen MR) is 88.6 cm³/mol. The Morgan fingerprint density at radius 3 is 2.52 bits per heavy atom. The van der Waals surface area contributed by atoms with Gasteiger partial charge < -0.3 is 10.2 Å². The molecule has 1 N–H and O–H groups in total. The van der Waals surface area contributed by atoms with Crippen LogP contribution in [-0.2, 0) is 0 Å². The minimum Gasteiger partial charge on any atom is -0.335 e. The second-order valence-electron chi connectivity index (χ2n) is 6.97. The molecular formula is C17H30N4. The van der Waals surface area contributed by atoms with Crippen molar-refractivity contribution in [3.8, 4) is 0 Å². The number of amidine groups is 1. The van der Waals surface area contributed by atoms with Gasteiger partial charge in [0.1, 0.15) is 5.84 Å². The molecule has 4 nitrogen and oxygen atoms in total. The molecule has 3 aliphatic rings. The third-order valence-electron chi connectivity index (χ3n) is 5.98. The zero-order valence-corrected chi connectivity index (χ0v) is 13.5. The van der Waals surface area contributed by atoms with E-state index in [0.717, 1.165) is 25.7 Å². The zero-order valence-electron chi connectivity index (χ0n) is 13.5. The highest BCUT2D eigenvalue weighted by atomic mass is 15.3. The van der Waals surface area contributed by atoms with Gasteiger partial charge in [-0.3, -0.25) is 9.89 Å². The van der Waals surface area contributed by atoms with Crippen LogP contribution in [-0.4, -0.2) is 61.4 Å². The van der Waals surface area contributed by atoms with E-state index >= 15 is 0 Å². The molecule has 0 atom stereocenters. The van der Waals surface area contributed by atoms with E-state index in [9.17, 15) is 0 Å². The van der Waals surface area contributed by atoms with Crippen molar-refractivity contribution in [2.45, 2.75) is 44.6 Å². The molecule has 21 heavy (non-hydrogen) atoms. The van der Waals surface area contributed by atoms with Crippen LogP contribution in [0.2, 0.25) is 0 Å². The first-order valence-corrected chi connectivity index (χ1v) is 8.56. The second kappa shape index (κ2) is 6.49. The molecule has 118 valence electrons. The van der Waals surface area contributed by atoms with Crippen molar-refractivity contribution < 1.29 is 0 Å². The van der Waals surface area contributed by atoms with E-state index in [4.69, 9.17) is 0 Å². The highest BCUT2D eigenvalue weighted by molar-refractivity contribution is 5.85. The summed E-state index contributed by atoms with van der Waals surface area (Å²) in [7, 11) is 1.90. The lowest BCUT2D eigenvalue weighted by molar-refractivity contribution is 0.0653. The van der Waals surface area contributed by atoms with Gasteiger partial charge >= 0.3 is 0 Å². The summed E-state index contributed by atoms with van der Waals surface area (Å²) in [5, 5.41) is 3.51. The molecule has 1 saturated carbocycles. The van der Waals surface area contributed by atoms with Gasteiger partial charge in [0.2, 0.25) is 0 Å². The molecule has 4 heteroatoms. The van der Waals surface area contributed by atoms with Crippen LogP contribution >= 0.6 is 0 Å². The maximum absolute atomic E-state index is 4.45. The third kappa shape index (κ3) is 3.16. The lowest BCUT2D eigenvalue weighted by Gasteiger charge is -2.47. The van der Waals surface area contributed by atoms with Crippen molar-refractivity contribution in [2.75, 3.05) is 39.8 Å². The van der Waals surface area contributed by atoms with Gasteiger partial charge in [0, 0.05) is 26.2 Å². The lowest BCUT2D eigenvalue weighted by Crippen LogP contribution is -2.53. The molecule has 0 aromatic heterocycles. The SMILES string of the molecule is C=CN1CCN(C2CCC3(CCNCC3)CC2)CC1=NC. The van der Waals surface area contributed by atoms with Gasteiger partial charge in [-0.15, -0.1) is 0 Å². The Labute approximate surface area is 129 Å². The van der Waals surface area contributed by atoms with Gasteiger partial charge in [0.25, 0.3) is 0 Å². The third-order valence-corrected chi connectivity index (χ3v) is 5.98. The van der Waals surface area contributed by atoms with Gasteiger partial charge in [0.05, 0.1) is 6.54 Å². The van der Waals surface area contributed by atoms with Crippen LogP contribution in [0.25, 0.3) is 0 Å². The minimum absolute atomic E-state index is 0.673. The van der Waals surface area contributed by atoms with Crippen molar-refractivity contribution in [3.63, 3.8) is 0 Å². The molecule has 2 heterocycles. The molecule has 0 aromatic carbocycles. The molecule has 0 radical (unpaired) electrons. The summed E-state index contributed by atoms with van der Waals surface area (Å²) in [6.07, 6.45) is 10.3. The summed E-state index contributed by atoms with van der Waals surface area (Å²) in [5.74, 6) is 1.18. The van der Waals surface area contributed by atoms with E-state index in [2.05, 4.69) is 26.7 Å². The Bertz CT molecular complexity index is 388. The molecule has 0 aromatic rings. The summed E-state index contributed by atoms with van der Waals surface area (Å²) in [6, 6.07) is 0.772. The number of piperazine rings is 1. The second-order valence-corrected chi connectivity index (χ2v) is 6.97. The average molecular weight is 290 g/mol. The van der Waals surface area contributed by atoms with Gasteiger partial charge in [-0.25, -0.2) is 0 Å². The molecule has 1 aliphatic carbocycles. The van der Waals surface area contributed by atoms with Crippen LogP contribution in [0.4, 0.5) is 0 Å². The minimum atomic E-state index is 0.673. The number of piperidine rings is 1. The number of hydrogen-bond acceptors (Lipinski definition) is 3. The van der Waals surface area contributed by atoms with Crippen molar-refractivity contribution >= 4 is 5.84 Å². The summed E-state index contributed by atoms with van der Waals surface area (Å²) >= 11 is 0. The fraction of sp³-hybridized carbons (Fsp3) is 0.824. The Morgan fingerprint density at radius 1 is 1.19 bits per heavy atom. The standard InChI is InChI=1S/C17H30N4/c1-3-20-12-13-21(14-16(20)18-2)15-4-6-17(7-5-15)8-10-19-11-9-17/h3,15,19H,1,4-14H2,2H3. The van der Waals surface area contributed by atoms with Crippen LogP contribution in [0.3, 0.4) is 0 Å². The Morgan fingerprint density at radius 2 is 1.90 bits per heavy atom. The van der Waals surface area contributed by atoms with Crippen LogP contribution < -0.4 is 5.32 Å². The average Bonchev–Trinajstić information content (AvgIpc) is 2.56. The van der Waals surface area contributed by atoms with Crippen LogP contribution in [0.5, 0.6) is 0 Å². The molecule has 0 unspecified atom stereocenters. The van der Waals surface area contributed by atoms with E-state index < -0.39 is 0 Å². The fourth-order valence-corrected chi connectivity index (χ4v) is 4.46. The number of nitrogens with zero attached hydrogens (tertiary/aromatic N) is 3. The van der Waals surface area contributed by atoms with E-state index in [-0.39, 0.29) is 0 Å². The molecule has 2 saturated heterocycles. The zero-order chi connectivity index (χ0) is 14.7. The highest BCUT2D eigenvalue weighted by Crippen LogP contribution is 2.44. The predicted octanol–water partition coefficient (Wildman–Crippen LogP) is 2.09. The molecule has 3 fully saturated rings. The quantitative estimate of drug-likeness (QED) is 0.845. The molecule has 0 bridgehead atoms. The monoisotopic (exact) mass is 290 g/mol.